The van der Waals surface area contributed by atoms with Gasteiger partial charge in [0.2, 0.25) is 0 Å². The van der Waals surface area contributed by atoms with E-state index in [0.717, 1.165) is 28.8 Å². The van der Waals surface area contributed by atoms with Gasteiger partial charge in [0, 0.05) is 13.1 Å². The van der Waals surface area contributed by atoms with E-state index in [1.54, 1.807) is 23.7 Å². The fourth-order valence-corrected chi connectivity index (χ4v) is 4.71. The van der Waals surface area contributed by atoms with Crippen LogP contribution in [0.5, 0.6) is 0 Å². The average Bonchev–Trinajstić information content (AvgIpc) is 3.33. The van der Waals surface area contributed by atoms with Crippen LogP contribution in [0.2, 0.25) is 0 Å². The molecule has 6 nitrogen and oxygen atoms in total. The molecule has 1 N–H and O–H groups in total. The molecule has 1 aliphatic heterocycles. The Hall–Kier alpha value is -2.29. The summed E-state index contributed by atoms with van der Waals surface area (Å²) >= 11 is 3.00. The van der Waals surface area contributed by atoms with Crippen LogP contribution in [0.15, 0.2) is 42.0 Å². The largest absolute Gasteiger partial charge is 0.372 e. The predicted molar refractivity (Wildman–Crippen MR) is 110 cm³/mol. The van der Waals surface area contributed by atoms with Crippen molar-refractivity contribution in [2.24, 2.45) is 0 Å². The molecule has 0 radical (unpaired) electrons. The van der Waals surface area contributed by atoms with Gasteiger partial charge in [-0.25, -0.2) is 9.97 Å². The number of nitrogens with zero attached hydrogens (tertiary/aromatic N) is 3. The van der Waals surface area contributed by atoms with Crippen molar-refractivity contribution >= 4 is 40.1 Å². The van der Waals surface area contributed by atoms with Crippen LogP contribution in [0.4, 0.5) is 11.5 Å². The number of hydrogen-bond acceptors (Lipinski definition) is 7. The van der Waals surface area contributed by atoms with Crippen LogP contribution in [0.1, 0.15) is 23.5 Å². The molecule has 3 aromatic heterocycles. The molecule has 1 amide bonds. The molecule has 1 fully saturated rings. The van der Waals surface area contributed by atoms with Gasteiger partial charge in [-0.05, 0) is 37.4 Å². The van der Waals surface area contributed by atoms with Crippen molar-refractivity contribution in [1.82, 2.24) is 9.97 Å². The SMILES string of the molecule is CC1CN(c2ccc(NC(=O)c3cnc(-c4cccs4)s3)cn2)CC(C)O1. The summed E-state index contributed by atoms with van der Waals surface area (Å²) in [6.45, 7) is 5.76. The van der Waals surface area contributed by atoms with Crippen LogP contribution in [0.3, 0.4) is 0 Å². The van der Waals surface area contributed by atoms with Gasteiger partial charge in [0.05, 0.1) is 35.2 Å². The third-order valence-corrected chi connectivity index (χ3v) is 6.25. The highest BCUT2D eigenvalue weighted by molar-refractivity contribution is 7.22. The zero-order chi connectivity index (χ0) is 18.8. The quantitative estimate of drug-likeness (QED) is 0.713. The normalized spacial score (nSPS) is 19.9. The number of anilines is 2. The number of hydrogen-bond donors (Lipinski definition) is 1. The second-order valence-electron chi connectivity index (χ2n) is 6.53. The zero-order valence-electron chi connectivity index (χ0n) is 15.1. The first kappa shape index (κ1) is 18.1. The molecule has 3 aromatic rings. The maximum atomic E-state index is 12.5. The van der Waals surface area contributed by atoms with Crippen molar-refractivity contribution < 1.29 is 9.53 Å². The Morgan fingerprint density at radius 3 is 2.67 bits per heavy atom. The number of pyridine rings is 1. The first-order valence-corrected chi connectivity index (χ1v) is 10.5. The van der Waals surface area contributed by atoms with Crippen molar-refractivity contribution in [3.63, 3.8) is 0 Å². The Morgan fingerprint density at radius 1 is 1.19 bits per heavy atom. The average molecular weight is 401 g/mol. The molecule has 0 aromatic carbocycles. The smallest absolute Gasteiger partial charge is 0.267 e. The summed E-state index contributed by atoms with van der Waals surface area (Å²) in [5.74, 6) is 0.728. The Morgan fingerprint density at radius 2 is 2.00 bits per heavy atom. The van der Waals surface area contributed by atoms with Crippen molar-refractivity contribution in [3.05, 3.63) is 46.9 Å². The van der Waals surface area contributed by atoms with Crippen LogP contribution in [0.25, 0.3) is 9.88 Å². The van der Waals surface area contributed by atoms with Crippen molar-refractivity contribution in [3.8, 4) is 9.88 Å². The number of aromatic nitrogens is 2. The number of carbonyl (C=O) groups is 1. The van der Waals surface area contributed by atoms with E-state index >= 15 is 0 Å². The lowest BCUT2D eigenvalue weighted by atomic mass is 10.2. The van der Waals surface area contributed by atoms with E-state index in [1.807, 2.05) is 29.6 Å². The number of morpholine rings is 1. The zero-order valence-corrected chi connectivity index (χ0v) is 16.7. The highest BCUT2D eigenvalue weighted by Crippen LogP contribution is 2.29. The number of rotatable bonds is 4. The molecule has 27 heavy (non-hydrogen) atoms. The lowest BCUT2D eigenvalue weighted by Crippen LogP contribution is -2.45. The molecule has 2 unspecified atom stereocenters. The van der Waals surface area contributed by atoms with Gasteiger partial charge in [-0.15, -0.1) is 22.7 Å². The standard InChI is InChI=1S/C19H20N4O2S2/c1-12-10-23(11-13(2)25-12)17-6-5-14(8-20-17)22-18(24)16-9-21-19(27-16)15-4-3-7-26-15/h3-9,12-13H,10-11H2,1-2H3,(H,22,24). The van der Waals surface area contributed by atoms with E-state index in [2.05, 4.69) is 34.0 Å². The fraction of sp³-hybridized carbons (Fsp3) is 0.316. The number of carbonyl (C=O) groups excluding carboxylic acids is 1. The Balaban J connectivity index is 1.42. The summed E-state index contributed by atoms with van der Waals surface area (Å²) in [6, 6.07) is 7.79. The van der Waals surface area contributed by atoms with Crippen molar-refractivity contribution in [2.45, 2.75) is 26.1 Å². The molecule has 0 bridgehead atoms. The molecule has 2 atom stereocenters. The lowest BCUT2D eigenvalue weighted by Gasteiger charge is -2.36. The van der Waals surface area contributed by atoms with Gasteiger partial charge in [0.15, 0.2) is 0 Å². The van der Waals surface area contributed by atoms with E-state index in [1.165, 1.54) is 11.3 Å². The molecular weight excluding hydrogens is 380 g/mol. The monoisotopic (exact) mass is 400 g/mol. The number of amides is 1. The molecule has 1 aliphatic rings. The van der Waals surface area contributed by atoms with E-state index in [9.17, 15) is 4.79 Å². The van der Waals surface area contributed by atoms with Gasteiger partial charge >= 0.3 is 0 Å². The number of thiophene rings is 1. The van der Waals surface area contributed by atoms with Crippen LogP contribution in [-0.2, 0) is 4.74 Å². The van der Waals surface area contributed by atoms with E-state index in [0.29, 0.717) is 10.6 Å². The van der Waals surface area contributed by atoms with Gasteiger partial charge in [-0.2, -0.15) is 0 Å². The first-order valence-electron chi connectivity index (χ1n) is 8.76. The van der Waals surface area contributed by atoms with Gasteiger partial charge < -0.3 is 15.0 Å². The number of thiazole rings is 1. The molecule has 0 saturated carbocycles. The fourth-order valence-electron chi connectivity index (χ4n) is 3.10. The summed E-state index contributed by atoms with van der Waals surface area (Å²) in [6.07, 6.45) is 3.67. The molecular formula is C19H20N4O2S2. The van der Waals surface area contributed by atoms with E-state index in [-0.39, 0.29) is 18.1 Å². The third-order valence-electron chi connectivity index (χ3n) is 4.21. The number of ether oxygens (including phenoxy) is 1. The van der Waals surface area contributed by atoms with Crippen molar-refractivity contribution in [1.29, 1.82) is 0 Å². The molecule has 8 heteroatoms. The van der Waals surface area contributed by atoms with E-state index < -0.39 is 0 Å². The van der Waals surface area contributed by atoms with Crippen LogP contribution in [0, 0.1) is 0 Å². The summed E-state index contributed by atoms with van der Waals surface area (Å²) in [7, 11) is 0. The summed E-state index contributed by atoms with van der Waals surface area (Å²) in [5.41, 5.74) is 0.671. The molecule has 4 heterocycles. The van der Waals surface area contributed by atoms with Gasteiger partial charge in [0.25, 0.3) is 5.91 Å². The minimum Gasteiger partial charge on any atom is -0.372 e. The predicted octanol–water partition coefficient (Wildman–Crippen LogP) is 4.13. The van der Waals surface area contributed by atoms with Gasteiger partial charge in [0.1, 0.15) is 15.7 Å². The first-order chi connectivity index (χ1) is 13.1. The Labute approximate surface area is 165 Å². The number of nitrogens with one attached hydrogen (secondary N) is 1. The minimum atomic E-state index is -0.168. The summed E-state index contributed by atoms with van der Waals surface area (Å²) in [5, 5.41) is 5.75. The Kier molecular flexibility index (Phi) is 5.20. The maximum Gasteiger partial charge on any atom is 0.267 e. The maximum absolute atomic E-state index is 12.5. The highest BCUT2D eigenvalue weighted by Gasteiger charge is 2.23. The highest BCUT2D eigenvalue weighted by atomic mass is 32.1. The third kappa shape index (κ3) is 4.18. The van der Waals surface area contributed by atoms with Gasteiger partial charge in [-0.3, -0.25) is 4.79 Å². The Bertz CT molecular complexity index is 898. The van der Waals surface area contributed by atoms with Crippen LogP contribution < -0.4 is 10.2 Å². The topological polar surface area (TPSA) is 67.4 Å². The van der Waals surface area contributed by atoms with Crippen LogP contribution in [-0.4, -0.2) is 41.2 Å². The second kappa shape index (κ2) is 7.75. The minimum absolute atomic E-state index is 0.168. The second-order valence-corrected chi connectivity index (χ2v) is 8.51. The molecule has 0 spiro atoms. The molecule has 0 aliphatic carbocycles. The summed E-state index contributed by atoms with van der Waals surface area (Å²) < 4.78 is 5.76. The molecule has 1 saturated heterocycles. The van der Waals surface area contributed by atoms with E-state index in [4.69, 9.17) is 4.74 Å². The summed E-state index contributed by atoms with van der Waals surface area (Å²) in [4.78, 5) is 25.2. The van der Waals surface area contributed by atoms with Gasteiger partial charge in [-0.1, -0.05) is 6.07 Å². The van der Waals surface area contributed by atoms with Crippen molar-refractivity contribution in [2.75, 3.05) is 23.3 Å². The molecule has 140 valence electrons. The van der Waals surface area contributed by atoms with Crippen LogP contribution >= 0.6 is 22.7 Å². The molecule has 4 rings (SSSR count). The lowest BCUT2D eigenvalue weighted by molar-refractivity contribution is -0.00545.